The molecule has 0 heterocycles. The molecule has 0 aliphatic rings. The molecule has 2 nitrogen and oxygen atoms in total. The standard InChI is InChI=1S/C6H12O2S/c1-4-5-9(7,8)6(2)3/h4-6H,1-3H3/b5-4+. The van der Waals surface area contributed by atoms with Crippen LogP contribution in [0, 0.1) is 0 Å². The van der Waals surface area contributed by atoms with Crippen LogP contribution in [0.2, 0.25) is 0 Å². The molecule has 9 heavy (non-hydrogen) atoms. The lowest BCUT2D eigenvalue weighted by Gasteiger charge is -1.98. The Kier molecular flexibility index (Phi) is 2.91. The first kappa shape index (κ1) is 8.69. The number of hydrogen-bond acceptors (Lipinski definition) is 2. The summed E-state index contributed by atoms with van der Waals surface area (Å²) >= 11 is 0. The molecule has 0 N–H and O–H groups in total. The Morgan fingerprint density at radius 2 is 1.78 bits per heavy atom. The van der Waals surface area contributed by atoms with E-state index in [0.717, 1.165) is 0 Å². The Morgan fingerprint density at radius 3 is 1.89 bits per heavy atom. The van der Waals surface area contributed by atoms with Crippen LogP contribution in [0.3, 0.4) is 0 Å². The molecule has 54 valence electrons. The maximum absolute atomic E-state index is 10.8. The lowest BCUT2D eigenvalue weighted by atomic mass is 10.6. The minimum absolute atomic E-state index is 0.298. The second-order valence-electron chi connectivity index (χ2n) is 2.11. The first-order valence-corrected chi connectivity index (χ1v) is 4.48. The smallest absolute Gasteiger partial charge is 0.173 e. The van der Waals surface area contributed by atoms with Crippen molar-refractivity contribution in [1.29, 1.82) is 0 Å². The van der Waals surface area contributed by atoms with E-state index in [-0.39, 0.29) is 5.25 Å². The van der Waals surface area contributed by atoms with Crippen molar-refractivity contribution >= 4 is 9.84 Å². The molecular weight excluding hydrogens is 136 g/mol. The van der Waals surface area contributed by atoms with Crippen molar-refractivity contribution in [2.24, 2.45) is 0 Å². The van der Waals surface area contributed by atoms with E-state index in [4.69, 9.17) is 0 Å². The average Bonchev–Trinajstić information content (AvgIpc) is 1.65. The monoisotopic (exact) mass is 148 g/mol. The largest absolute Gasteiger partial charge is 0.224 e. The third-order valence-corrected chi connectivity index (χ3v) is 2.95. The van der Waals surface area contributed by atoms with Crippen molar-refractivity contribution in [2.45, 2.75) is 26.0 Å². The lowest BCUT2D eigenvalue weighted by molar-refractivity contribution is 0.596. The second-order valence-corrected chi connectivity index (χ2v) is 4.50. The van der Waals surface area contributed by atoms with E-state index in [1.807, 2.05) is 0 Å². The summed E-state index contributed by atoms with van der Waals surface area (Å²) in [5.74, 6) is 0. The van der Waals surface area contributed by atoms with Gasteiger partial charge in [-0.25, -0.2) is 8.42 Å². The van der Waals surface area contributed by atoms with E-state index >= 15 is 0 Å². The minimum atomic E-state index is -2.93. The maximum atomic E-state index is 10.8. The molecule has 0 aliphatic carbocycles. The fraction of sp³-hybridized carbons (Fsp3) is 0.667. The van der Waals surface area contributed by atoms with E-state index in [9.17, 15) is 8.42 Å². The molecule has 0 aromatic carbocycles. The van der Waals surface area contributed by atoms with Crippen LogP contribution in [-0.4, -0.2) is 13.7 Å². The number of hydrogen-bond donors (Lipinski definition) is 0. The molecule has 0 amide bonds. The van der Waals surface area contributed by atoms with Crippen LogP contribution in [0.4, 0.5) is 0 Å². The lowest BCUT2D eigenvalue weighted by Crippen LogP contribution is -2.09. The third kappa shape index (κ3) is 2.65. The summed E-state index contributed by atoms with van der Waals surface area (Å²) in [5.41, 5.74) is 0. The van der Waals surface area contributed by atoms with Gasteiger partial charge in [-0.2, -0.15) is 0 Å². The highest BCUT2D eigenvalue weighted by molar-refractivity contribution is 7.94. The van der Waals surface area contributed by atoms with Crippen molar-refractivity contribution in [2.75, 3.05) is 0 Å². The Labute approximate surface area is 56.5 Å². The van der Waals surface area contributed by atoms with Gasteiger partial charge in [0.05, 0.1) is 5.25 Å². The van der Waals surface area contributed by atoms with Gasteiger partial charge >= 0.3 is 0 Å². The summed E-state index contributed by atoms with van der Waals surface area (Å²) < 4.78 is 21.7. The molecule has 0 bridgehead atoms. The fourth-order valence-corrected chi connectivity index (χ4v) is 1.04. The zero-order chi connectivity index (χ0) is 7.49. The Morgan fingerprint density at radius 1 is 1.33 bits per heavy atom. The summed E-state index contributed by atoms with van der Waals surface area (Å²) in [6, 6.07) is 0. The number of allylic oxidation sites excluding steroid dienone is 1. The van der Waals surface area contributed by atoms with E-state index in [1.165, 1.54) is 11.5 Å². The van der Waals surface area contributed by atoms with E-state index in [2.05, 4.69) is 0 Å². The van der Waals surface area contributed by atoms with E-state index < -0.39 is 9.84 Å². The summed E-state index contributed by atoms with van der Waals surface area (Å²) in [6.07, 6.45) is 1.54. The molecule has 0 aliphatic heterocycles. The van der Waals surface area contributed by atoms with Crippen molar-refractivity contribution in [3.63, 3.8) is 0 Å². The van der Waals surface area contributed by atoms with Crippen LogP contribution in [0.15, 0.2) is 11.5 Å². The summed E-state index contributed by atoms with van der Waals surface area (Å²) in [4.78, 5) is 0. The highest BCUT2D eigenvalue weighted by Gasteiger charge is 2.09. The molecule has 0 saturated heterocycles. The summed E-state index contributed by atoms with van der Waals surface area (Å²) in [7, 11) is -2.93. The van der Waals surface area contributed by atoms with Gasteiger partial charge in [0.15, 0.2) is 9.84 Å². The van der Waals surface area contributed by atoms with Crippen molar-refractivity contribution in [3.8, 4) is 0 Å². The summed E-state index contributed by atoms with van der Waals surface area (Å²) in [5, 5.41) is 0.936. The van der Waals surface area contributed by atoms with Crippen LogP contribution < -0.4 is 0 Å². The zero-order valence-electron chi connectivity index (χ0n) is 5.96. The van der Waals surface area contributed by atoms with Crippen molar-refractivity contribution in [3.05, 3.63) is 11.5 Å². The molecule has 0 spiro atoms. The molecule has 0 fully saturated rings. The Balaban J connectivity index is 4.42. The Bertz CT molecular complexity index is 187. The second kappa shape index (κ2) is 3.01. The number of sulfone groups is 1. The minimum Gasteiger partial charge on any atom is -0.224 e. The molecule has 0 unspecified atom stereocenters. The molecule has 0 atom stereocenters. The highest BCUT2D eigenvalue weighted by Crippen LogP contribution is 2.00. The molecule has 0 aromatic heterocycles. The summed E-state index contributed by atoms with van der Waals surface area (Å²) in [6.45, 7) is 5.02. The van der Waals surface area contributed by atoms with Crippen LogP contribution in [-0.2, 0) is 9.84 Å². The molecule has 0 saturated carbocycles. The average molecular weight is 148 g/mol. The maximum Gasteiger partial charge on any atom is 0.173 e. The van der Waals surface area contributed by atoms with Gasteiger partial charge in [-0.15, -0.1) is 0 Å². The van der Waals surface area contributed by atoms with Crippen LogP contribution in [0.5, 0.6) is 0 Å². The molecule has 0 aromatic rings. The van der Waals surface area contributed by atoms with Crippen molar-refractivity contribution < 1.29 is 8.42 Å². The van der Waals surface area contributed by atoms with Gasteiger partial charge < -0.3 is 0 Å². The van der Waals surface area contributed by atoms with E-state index in [1.54, 1.807) is 20.8 Å². The van der Waals surface area contributed by atoms with Crippen molar-refractivity contribution in [1.82, 2.24) is 0 Å². The van der Waals surface area contributed by atoms with Gasteiger partial charge in [-0.05, 0) is 20.8 Å². The van der Waals surface area contributed by atoms with Crippen LogP contribution in [0.1, 0.15) is 20.8 Å². The first-order valence-electron chi connectivity index (χ1n) is 2.87. The van der Waals surface area contributed by atoms with E-state index in [0.29, 0.717) is 0 Å². The molecule has 0 radical (unpaired) electrons. The van der Waals surface area contributed by atoms with Gasteiger partial charge in [0, 0.05) is 5.41 Å². The fourth-order valence-electron chi connectivity index (χ4n) is 0.347. The van der Waals surface area contributed by atoms with Gasteiger partial charge in [0.1, 0.15) is 0 Å². The SMILES string of the molecule is C/C=C/S(=O)(=O)C(C)C. The van der Waals surface area contributed by atoms with Gasteiger partial charge in [-0.1, -0.05) is 6.08 Å². The molecule has 0 rings (SSSR count). The van der Waals surface area contributed by atoms with Crippen LogP contribution in [0.25, 0.3) is 0 Å². The quantitative estimate of drug-likeness (QED) is 0.592. The predicted molar refractivity (Wildman–Crippen MR) is 38.9 cm³/mol. The number of rotatable bonds is 2. The Hall–Kier alpha value is -0.310. The first-order chi connectivity index (χ1) is 4.00. The normalized spacial score (nSPS) is 13.3. The molecular formula is C6H12O2S. The van der Waals surface area contributed by atoms with Gasteiger partial charge in [0.25, 0.3) is 0 Å². The third-order valence-electron chi connectivity index (χ3n) is 0.983. The highest BCUT2D eigenvalue weighted by atomic mass is 32.2. The molecule has 3 heteroatoms. The van der Waals surface area contributed by atoms with Crippen LogP contribution >= 0.6 is 0 Å². The zero-order valence-corrected chi connectivity index (χ0v) is 6.77. The van der Waals surface area contributed by atoms with Gasteiger partial charge in [-0.3, -0.25) is 0 Å². The van der Waals surface area contributed by atoms with Gasteiger partial charge in [0.2, 0.25) is 0 Å². The topological polar surface area (TPSA) is 34.1 Å². The predicted octanol–water partition coefficient (Wildman–Crippen LogP) is 1.34.